The van der Waals surface area contributed by atoms with Gasteiger partial charge in [0.2, 0.25) is 0 Å². The number of carbonyl (C=O) groups excluding carboxylic acids is 1. The molecule has 0 spiro atoms. The summed E-state index contributed by atoms with van der Waals surface area (Å²) in [6.07, 6.45) is 2.69. The summed E-state index contributed by atoms with van der Waals surface area (Å²) >= 11 is 1.26. The summed E-state index contributed by atoms with van der Waals surface area (Å²) in [4.78, 5) is 19.8. The van der Waals surface area contributed by atoms with Crippen LogP contribution in [0.25, 0.3) is 21.5 Å². The molecule has 2 N–H and O–H groups in total. The molecule has 4 aromatic rings. The third-order valence-electron chi connectivity index (χ3n) is 4.20. The molecule has 2 heterocycles. The van der Waals surface area contributed by atoms with Gasteiger partial charge in [-0.05, 0) is 30.2 Å². The van der Waals surface area contributed by atoms with Crippen LogP contribution >= 0.6 is 11.3 Å². The molecule has 26 heavy (non-hydrogen) atoms. The molecule has 2 aromatic heterocycles. The van der Waals surface area contributed by atoms with Crippen molar-refractivity contribution in [2.24, 2.45) is 0 Å². The number of nitrogens with one attached hydrogen (secondary N) is 2. The summed E-state index contributed by atoms with van der Waals surface area (Å²) in [6.45, 7) is 0.507. The molecule has 130 valence electrons. The van der Waals surface area contributed by atoms with Crippen molar-refractivity contribution in [3.05, 3.63) is 77.2 Å². The SMILES string of the molecule is O=C(NCCc1c[nH]c2ccccc12)c1csc(-c2ccccc2F)n1. The standard InChI is InChI=1S/C20H16FN3OS/c21-16-7-3-1-6-15(16)20-24-18(12-26-20)19(25)22-10-9-13-11-23-17-8-4-2-5-14(13)17/h1-8,11-12,23H,9-10H2,(H,22,25). The van der Waals surface area contributed by atoms with Gasteiger partial charge in [0.05, 0.1) is 0 Å². The van der Waals surface area contributed by atoms with Crippen LogP contribution in [0.15, 0.2) is 60.1 Å². The number of aromatic amines is 1. The van der Waals surface area contributed by atoms with Crippen molar-refractivity contribution in [2.75, 3.05) is 6.54 Å². The Bertz CT molecular complexity index is 1070. The van der Waals surface area contributed by atoms with E-state index in [1.165, 1.54) is 17.4 Å². The van der Waals surface area contributed by atoms with Crippen LogP contribution in [0.4, 0.5) is 4.39 Å². The molecule has 0 bridgehead atoms. The van der Waals surface area contributed by atoms with E-state index < -0.39 is 0 Å². The summed E-state index contributed by atoms with van der Waals surface area (Å²) in [7, 11) is 0. The number of aromatic nitrogens is 2. The van der Waals surface area contributed by atoms with Crippen LogP contribution in [0.2, 0.25) is 0 Å². The minimum Gasteiger partial charge on any atom is -0.361 e. The predicted molar refractivity (Wildman–Crippen MR) is 102 cm³/mol. The molecule has 6 heteroatoms. The molecule has 0 atom stereocenters. The minimum atomic E-state index is -0.340. The maximum atomic E-state index is 13.8. The van der Waals surface area contributed by atoms with E-state index in [0.717, 1.165) is 22.9 Å². The second kappa shape index (κ2) is 7.09. The predicted octanol–water partition coefficient (Wildman–Crippen LogP) is 4.40. The van der Waals surface area contributed by atoms with Crippen LogP contribution in [0, 0.1) is 5.82 Å². The van der Waals surface area contributed by atoms with E-state index in [2.05, 4.69) is 21.4 Å². The van der Waals surface area contributed by atoms with Crippen molar-refractivity contribution in [1.82, 2.24) is 15.3 Å². The number of H-pyrrole nitrogens is 1. The molecule has 0 aliphatic heterocycles. The lowest BCUT2D eigenvalue weighted by molar-refractivity contribution is 0.0950. The zero-order chi connectivity index (χ0) is 17.9. The molecular formula is C20H16FN3OS. The Morgan fingerprint density at radius 3 is 2.85 bits per heavy atom. The van der Waals surface area contributed by atoms with E-state index in [1.54, 1.807) is 23.6 Å². The van der Waals surface area contributed by atoms with Gasteiger partial charge in [-0.3, -0.25) is 4.79 Å². The van der Waals surface area contributed by atoms with Gasteiger partial charge in [-0.25, -0.2) is 9.37 Å². The largest absolute Gasteiger partial charge is 0.361 e. The first-order chi connectivity index (χ1) is 12.7. The number of nitrogens with zero attached hydrogens (tertiary/aromatic N) is 1. The van der Waals surface area contributed by atoms with E-state index in [4.69, 9.17) is 0 Å². The molecule has 0 aliphatic rings. The molecule has 4 rings (SSSR count). The highest BCUT2D eigenvalue weighted by molar-refractivity contribution is 7.13. The molecule has 4 nitrogen and oxygen atoms in total. The van der Waals surface area contributed by atoms with Gasteiger partial charge in [0.25, 0.3) is 5.91 Å². The third-order valence-corrected chi connectivity index (χ3v) is 5.07. The van der Waals surface area contributed by atoms with Crippen LogP contribution in [-0.4, -0.2) is 22.4 Å². The molecule has 0 radical (unpaired) electrons. The van der Waals surface area contributed by atoms with Crippen LogP contribution in [0.3, 0.4) is 0 Å². The fraction of sp³-hybridized carbons (Fsp3) is 0.100. The Hall–Kier alpha value is -2.99. The third kappa shape index (κ3) is 3.23. The Kier molecular flexibility index (Phi) is 4.50. The van der Waals surface area contributed by atoms with Gasteiger partial charge in [-0.1, -0.05) is 30.3 Å². The Morgan fingerprint density at radius 1 is 1.15 bits per heavy atom. The Labute approximate surface area is 153 Å². The van der Waals surface area contributed by atoms with Crippen molar-refractivity contribution in [2.45, 2.75) is 6.42 Å². The second-order valence-electron chi connectivity index (χ2n) is 5.88. The van der Waals surface area contributed by atoms with Gasteiger partial charge in [0.15, 0.2) is 0 Å². The molecule has 2 aromatic carbocycles. The summed E-state index contributed by atoms with van der Waals surface area (Å²) in [5.41, 5.74) is 2.97. The highest BCUT2D eigenvalue weighted by Crippen LogP contribution is 2.26. The Balaban J connectivity index is 1.40. The monoisotopic (exact) mass is 365 g/mol. The van der Waals surface area contributed by atoms with Gasteiger partial charge in [-0.2, -0.15) is 0 Å². The number of carbonyl (C=O) groups is 1. The molecule has 0 aliphatic carbocycles. The zero-order valence-electron chi connectivity index (χ0n) is 13.8. The number of rotatable bonds is 5. The highest BCUT2D eigenvalue weighted by atomic mass is 32.1. The van der Waals surface area contributed by atoms with Crippen LogP contribution in [0.1, 0.15) is 16.1 Å². The lowest BCUT2D eigenvalue weighted by Gasteiger charge is -2.03. The maximum absolute atomic E-state index is 13.8. The zero-order valence-corrected chi connectivity index (χ0v) is 14.6. The number of thiazole rings is 1. The first-order valence-corrected chi connectivity index (χ1v) is 9.14. The first kappa shape index (κ1) is 16.5. The van der Waals surface area contributed by atoms with Crippen LogP contribution in [-0.2, 0) is 6.42 Å². The minimum absolute atomic E-state index is 0.247. The van der Waals surface area contributed by atoms with Crippen molar-refractivity contribution >= 4 is 28.1 Å². The van der Waals surface area contributed by atoms with Crippen molar-refractivity contribution in [1.29, 1.82) is 0 Å². The topological polar surface area (TPSA) is 57.8 Å². The molecule has 1 amide bonds. The van der Waals surface area contributed by atoms with Gasteiger partial charge in [-0.15, -0.1) is 11.3 Å². The lowest BCUT2D eigenvalue weighted by atomic mass is 10.1. The maximum Gasteiger partial charge on any atom is 0.270 e. The highest BCUT2D eigenvalue weighted by Gasteiger charge is 2.14. The fourth-order valence-electron chi connectivity index (χ4n) is 2.88. The van der Waals surface area contributed by atoms with Gasteiger partial charge in [0, 0.05) is 34.6 Å². The number of benzene rings is 2. The first-order valence-electron chi connectivity index (χ1n) is 8.26. The van der Waals surface area contributed by atoms with Crippen LogP contribution < -0.4 is 5.32 Å². The average Bonchev–Trinajstić information content (AvgIpc) is 3.30. The van der Waals surface area contributed by atoms with E-state index in [9.17, 15) is 9.18 Å². The molecular weight excluding hydrogens is 349 g/mol. The molecule has 0 fully saturated rings. The van der Waals surface area contributed by atoms with Crippen molar-refractivity contribution in [3.63, 3.8) is 0 Å². The van der Waals surface area contributed by atoms with E-state index in [1.807, 2.05) is 24.4 Å². The smallest absolute Gasteiger partial charge is 0.270 e. The van der Waals surface area contributed by atoms with E-state index in [-0.39, 0.29) is 11.7 Å². The number of para-hydroxylation sites is 1. The summed E-state index contributed by atoms with van der Waals surface area (Å²) in [5, 5.41) is 6.20. The lowest BCUT2D eigenvalue weighted by Crippen LogP contribution is -2.25. The van der Waals surface area contributed by atoms with E-state index >= 15 is 0 Å². The number of hydrogen-bond acceptors (Lipinski definition) is 3. The molecule has 0 saturated carbocycles. The molecule has 0 saturated heterocycles. The normalized spacial score (nSPS) is 11.0. The average molecular weight is 365 g/mol. The quantitative estimate of drug-likeness (QED) is 0.551. The van der Waals surface area contributed by atoms with Gasteiger partial charge in [0.1, 0.15) is 16.5 Å². The van der Waals surface area contributed by atoms with Crippen LogP contribution in [0.5, 0.6) is 0 Å². The van der Waals surface area contributed by atoms with Gasteiger partial charge < -0.3 is 10.3 Å². The molecule has 0 unspecified atom stereocenters. The summed E-state index contributed by atoms with van der Waals surface area (Å²) in [5.74, 6) is -0.586. The number of amides is 1. The number of hydrogen-bond donors (Lipinski definition) is 2. The van der Waals surface area contributed by atoms with Crippen molar-refractivity contribution < 1.29 is 9.18 Å². The number of halogens is 1. The summed E-state index contributed by atoms with van der Waals surface area (Å²) in [6, 6.07) is 14.5. The summed E-state index contributed by atoms with van der Waals surface area (Å²) < 4.78 is 13.8. The number of fused-ring (bicyclic) bond motifs is 1. The Morgan fingerprint density at radius 2 is 1.96 bits per heavy atom. The van der Waals surface area contributed by atoms with E-state index in [0.29, 0.717) is 22.8 Å². The second-order valence-corrected chi connectivity index (χ2v) is 6.74. The fourth-order valence-corrected chi connectivity index (χ4v) is 3.70. The van der Waals surface area contributed by atoms with Gasteiger partial charge >= 0.3 is 0 Å². The van der Waals surface area contributed by atoms with Crippen molar-refractivity contribution in [3.8, 4) is 10.6 Å².